The van der Waals surface area contributed by atoms with E-state index in [9.17, 15) is 9.59 Å². The maximum absolute atomic E-state index is 12.3. The third-order valence-electron chi connectivity index (χ3n) is 3.94. The molecule has 3 N–H and O–H groups in total. The van der Waals surface area contributed by atoms with E-state index in [1.807, 2.05) is 23.1 Å². The lowest BCUT2D eigenvalue weighted by atomic mass is 9.96. The van der Waals surface area contributed by atoms with Crippen LogP contribution in [0.25, 0.3) is 0 Å². The summed E-state index contributed by atoms with van der Waals surface area (Å²) in [5, 5.41) is 2.71. The Kier molecular flexibility index (Phi) is 2.89. The molecular weight excluding hydrogens is 242 g/mol. The van der Waals surface area contributed by atoms with Crippen molar-refractivity contribution in [2.24, 2.45) is 5.92 Å². The van der Waals surface area contributed by atoms with Crippen LogP contribution in [0.15, 0.2) is 18.2 Å². The molecule has 0 radical (unpaired) electrons. The summed E-state index contributed by atoms with van der Waals surface area (Å²) in [4.78, 5) is 25.4. The van der Waals surface area contributed by atoms with Gasteiger partial charge in [-0.3, -0.25) is 9.59 Å². The van der Waals surface area contributed by atoms with Gasteiger partial charge in [-0.1, -0.05) is 12.1 Å². The molecule has 2 aliphatic rings. The van der Waals surface area contributed by atoms with Crippen molar-refractivity contribution in [1.82, 2.24) is 10.2 Å². The Hall–Kier alpha value is -2.04. The number of carbonyl (C=O) groups excluding carboxylic acids is 2. The van der Waals surface area contributed by atoms with Gasteiger partial charge in [-0.15, -0.1) is 0 Å². The zero-order valence-electron chi connectivity index (χ0n) is 10.7. The number of rotatable bonds is 1. The van der Waals surface area contributed by atoms with Gasteiger partial charge in [0.2, 0.25) is 11.8 Å². The number of benzene rings is 1. The molecule has 3 rings (SSSR count). The van der Waals surface area contributed by atoms with E-state index in [0.29, 0.717) is 26.1 Å². The van der Waals surface area contributed by atoms with Crippen LogP contribution in [0.1, 0.15) is 17.5 Å². The Morgan fingerprint density at radius 1 is 1.42 bits per heavy atom. The zero-order valence-corrected chi connectivity index (χ0v) is 10.7. The van der Waals surface area contributed by atoms with Crippen LogP contribution in [-0.4, -0.2) is 29.8 Å². The Balaban J connectivity index is 1.75. The first-order chi connectivity index (χ1) is 9.15. The van der Waals surface area contributed by atoms with Gasteiger partial charge >= 0.3 is 0 Å². The lowest BCUT2D eigenvalue weighted by Crippen LogP contribution is -2.40. The first kappa shape index (κ1) is 12.0. The highest BCUT2D eigenvalue weighted by atomic mass is 16.2. The molecule has 0 aromatic heterocycles. The molecule has 5 heteroatoms. The van der Waals surface area contributed by atoms with Gasteiger partial charge < -0.3 is 16.0 Å². The molecule has 1 fully saturated rings. The number of hydrogen-bond acceptors (Lipinski definition) is 3. The topological polar surface area (TPSA) is 75.4 Å². The van der Waals surface area contributed by atoms with Crippen molar-refractivity contribution >= 4 is 17.5 Å². The van der Waals surface area contributed by atoms with Crippen LogP contribution in [0, 0.1) is 5.92 Å². The third-order valence-corrected chi connectivity index (χ3v) is 3.94. The second kappa shape index (κ2) is 4.57. The summed E-state index contributed by atoms with van der Waals surface area (Å²) in [6, 6.07) is 5.84. The van der Waals surface area contributed by atoms with Crippen molar-refractivity contribution in [2.45, 2.75) is 19.4 Å². The minimum Gasteiger partial charge on any atom is -0.398 e. The van der Waals surface area contributed by atoms with Gasteiger partial charge in [-0.25, -0.2) is 0 Å². The first-order valence-electron chi connectivity index (χ1n) is 6.57. The smallest absolute Gasteiger partial charge is 0.228 e. The average molecular weight is 259 g/mol. The predicted octanol–water partition coefficient (Wildman–Crippen LogP) is 0.290. The number of nitrogens with one attached hydrogen (secondary N) is 1. The molecule has 2 aliphatic heterocycles. The Labute approximate surface area is 111 Å². The van der Waals surface area contributed by atoms with Gasteiger partial charge in [0, 0.05) is 31.7 Å². The number of nitrogens with two attached hydrogens (primary N) is 1. The molecule has 0 spiro atoms. The molecule has 1 aromatic rings. The van der Waals surface area contributed by atoms with Crippen LogP contribution < -0.4 is 11.1 Å². The highest BCUT2D eigenvalue weighted by Gasteiger charge is 2.32. The van der Waals surface area contributed by atoms with Gasteiger partial charge in [0.05, 0.1) is 5.92 Å². The van der Waals surface area contributed by atoms with E-state index in [-0.39, 0.29) is 17.7 Å². The van der Waals surface area contributed by atoms with Crippen molar-refractivity contribution in [1.29, 1.82) is 0 Å². The predicted molar refractivity (Wildman–Crippen MR) is 71.1 cm³/mol. The van der Waals surface area contributed by atoms with Crippen LogP contribution in [-0.2, 0) is 22.6 Å². The minimum absolute atomic E-state index is 0.0278. The zero-order chi connectivity index (χ0) is 13.4. The van der Waals surface area contributed by atoms with Crippen molar-refractivity contribution in [3.8, 4) is 0 Å². The number of carbonyl (C=O) groups is 2. The molecule has 1 aromatic carbocycles. The van der Waals surface area contributed by atoms with E-state index in [2.05, 4.69) is 5.32 Å². The van der Waals surface area contributed by atoms with E-state index in [4.69, 9.17) is 5.73 Å². The van der Waals surface area contributed by atoms with Crippen molar-refractivity contribution in [3.63, 3.8) is 0 Å². The lowest BCUT2D eigenvalue weighted by molar-refractivity contribution is -0.136. The summed E-state index contributed by atoms with van der Waals surface area (Å²) >= 11 is 0. The fourth-order valence-electron chi connectivity index (χ4n) is 2.87. The van der Waals surface area contributed by atoms with Crippen LogP contribution in [0.5, 0.6) is 0 Å². The number of nitrogens with zero attached hydrogens (tertiary/aromatic N) is 1. The SMILES string of the molecule is Nc1cccc2c1CCN(C(=O)C1CNC(=O)C1)C2. The molecule has 1 unspecified atom stereocenters. The molecule has 0 bridgehead atoms. The van der Waals surface area contributed by atoms with Crippen LogP contribution in [0.2, 0.25) is 0 Å². The number of hydrogen-bond donors (Lipinski definition) is 2. The van der Waals surface area contributed by atoms with E-state index in [0.717, 1.165) is 23.2 Å². The van der Waals surface area contributed by atoms with Gasteiger partial charge in [-0.05, 0) is 23.6 Å². The molecule has 5 nitrogen and oxygen atoms in total. The van der Waals surface area contributed by atoms with Gasteiger partial charge in [0.15, 0.2) is 0 Å². The van der Waals surface area contributed by atoms with Crippen LogP contribution in [0.4, 0.5) is 5.69 Å². The van der Waals surface area contributed by atoms with E-state index >= 15 is 0 Å². The molecule has 1 saturated heterocycles. The summed E-state index contributed by atoms with van der Waals surface area (Å²) in [6.07, 6.45) is 1.11. The lowest BCUT2D eigenvalue weighted by Gasteiger charge is -2.31. The monoisotopic (exact) mass is 259 g/mol. The van der Waals surface area contributed by atoms with Gasteiger partial charge in [0.1, 0.15) is 0 Å². The van der Waals surface area contributed by atoms with Crippen molar-refractivity contribution in [2.75, 3.05) is 18.8 Å². The molecule has 19 heavy (non-hydrogen) atoms. The van der Waals surface area contributed by atoms with E-state index < -0.39 is 0 Å². The fraction of sp³-hybridized carbons (Fsp3) is 0.429. The largest absolute Gasteiger partial charge is 0.398 e. The minimum atomic E-state index is -0.199. The molecular formula is C14H17N3O2. The maximum atomic E-state index is 12.3. The highest BCUT2D eigenvalue weighted by Crippen LogP contribution is 2.25. The second-order valence-electron chi connectivity index (χ2n) is 5.20. The number of amides is 2. The summed E-state index contributed by atoms with van der Waals surface area (Å²) in [7, 11) is 0. The van der Waals surface area contributed by atoms with Gasteiger partial charge in [-0.2, -0.15) is 0 Å². The van der Waals surface area contributed by atoms with Gasteiger partial charge in [0.25, 0.3) is 0 Å². The fourth-order valence-corrected chi connectivity index (χ4v) is 2.87. The number of anilines is 1. The summed E-state index contributed by atoms with van der Waals surface area (Å²) < 4.78 is 0. The molecule has 2 amide bonds. The quantitative estimate of drug-likeness (QED) is 0.712. The Morgan fingerprint density at radius 2 is 2.26 bits per heavy atom. The van der Waals surface area contributed by atoms with E-state index in [1.54, 1.807) is 0 Å². The Morgan fingerprint density at radius 3 is 3.00 bits per heavy atom. The maximum Gasteiger partial charge on any atom is 0.228 e. The Bertz CT molecular complexity index is 541. The molecule has 0 saturated carbocycles. The first-order valence-corrected chi connectivity index (χ1v) is 6.57. The number of fused-ring (bicyclic) bond motifs is 1. The third kappa shape index (κ3) is 2.16. The number of nitrogen functional groups attached to an aromatic ring is 1. The normalized spacial score (nSPS) is 22.0. The van der Waals surface area contributed by atoms with Crippen molar-refractivity contribution < 1.29 is 9.59 Å². The summed E-state index contributed by atoms with van der Waals surface area (Å²) in [5.41, 5.74) is 9.03. The van der Waals surface area contributed by atoms with Crippen LogP contribution >= 0.6 is 0 Å². The summed E-state index contributed by atoms with van der Waals surface area (Å²) in [6.45, 7) is 1.76. The van der Waals surface area contributed by atoms with Crippen LogP contribution in [0.3, 0.4) is 0 Å². The molecule has 1 atom stereocenters. The van der Waals surface area contributed by atoms with E-state index in [1.165, 1.54) is 0 Å². The molecule has 2 heterocycles. The van der Waals surface area contributed by atoms with Crippen molar-refractivity contribution in [3.05, 3.63) is 29.3 Å². The average Bonchev–Trinajstić information content (AvgIpc) is 2.84. The molecule has 100 valence electrons. The second-order valence-corrected chi connectivity index (χ2v) is 5.20. The molecule has 0 aliphatic carbocycles. The summed E-state index contributed by atoms with van der Waals surface area (Å²) in [5.74, 6) is -0.151. The highest BCUT2D eigenvalue weighted by molar-refractivity contribution is 5.89. The standard InChI is InChI=1S/C14H17N3O2/c15-12-3-1-2-9-8-17(5-4-11(9)12)14(19)10-6-13(18)16-7-10/h1-3,10H,4-8,15H2,(H,16,18).